The van der Waals surface area contributed by atoms with Crippen LogP contribution in [0.15, 0.2) is 48.5 Å². The number of anilines is 1. The lowest BCUT2D eigenvalue weighted by molar-refractivity contribution is -0.122. The maximum absolute atomic E-state index is 13.4. The summed E-state index contributed by atoms with van der Waals surface area (Å²) in [7, 11) is 0. The molecule has 106 valence electrons. The molecule has 2 rings (SSSR count). The molecule has 5 heteroatoms. The van der Waals surface area contributed by atoms with Crippen molar-refractivity contribution in [1.29, 1.82) is 5.26 Å². The molecule has 1 unspecified atom stereocenters. The summed E-state index contributed by atoms with van der Waals surface area (Å²) in [5, 5.41) is 11.6. The number of hydrogen-bond acceptors (Lipinski definition) is 3. The number of para-hydroxylation sites is 1. The topological polar surface area (TPSA) is 62.1 Å². The molecule has 0 aliphatic rings. The number of amides is 1. The highest BCUT2D eigenvalue weighted by Gasteiger charge is 2.18. The SMILES string of the molecule is CC(Oc1cccc(F)c1C#N)C(=O)Nc1ccccc1. The highest BCUT2D eigenvalue weighted by molar-refractivity contribution is 5.94. The Bertz CT molecular complexity index is 680. The zero-order chi connectivity index (χ0) is 15.2. The Morgan fingerprint density at radius 2 is 1.95 bits per heavy atom. The van der Waals surface area contributed by atoms with E-state index >= 15 is 0 Å². The third-order valence-corrected chi connectivity index (χ3v) is 2.80. The predicted molar refractivity (Wildman–Crippen MR) is 76.3 cm³/mol. The quantitative estimate of drug-likeness (QED) is 0.938. The Labute approximate surface area is 121 Å². The smallest absolute Gasteiger partial charge is 0.265 e. The normalized spacial score (nSPS) is 11.3. The molecule has 0 radical (unpaired) electrons. The van der Waals surface area contributed by atoms with E-state index in [0.29, 0.717) is 5.69 Å². The molecule has 0 saturated carbocycles. The van der Waals surface area contributed by atoms with Gasteiger partial charge in [-0.25, -0.2) is 4.39 Å². The van der Waals surface area contributed by atoms with Crippen LogP contribution in [0.25, 0.3) is 0 Å². The van der Waals surface area contributed by atoms with Crippen LogP contribution in [0.2, 0.25) is 0 Å². The second kappa shape index (κ2) is 6.53. The molecule has 0 aromatic heterocycles. The summed E-state index contributed by atoms with van der Waals surface area (Å²) in [6.45, 7) is 1.53. The van der Waals surface area contributed by atoms with Crippen molar-refractivity contribution >= 4 is 11.6 Å². The third-order valence-electron chi connectivity index (χ3n) is 2.80. The lowest BCUT2D eigenvalue weighted by Gasteiger charge is -2.15. The lowest BCUT2D eigenvalue weighted by atomic mass is 10.2. The number of hydrogen-bond donors (Lipinski definition) is 1. The van der Waals surface area contributed by atoms with Gasteiger partial charge in [-0.05, 0) is 31.2 Å². The zero-order valence-corrected chi connectivity index (χ0v) is 11.3. The van der Waals surface area contributed by atoms with E-state index < -0.39 is 11.9 Å². The maximum Gasteiger partial charge on any atom is 0.265 e. The summed E-state index contributed by atoms with van der Waals surface area (Å²) in [4.78, 5) is 12.0. The van der Waals surface area contributed by atoms with E-state index in [0.717, 1.165) is 0 Å². The molecular weight excluding hydrogens is 271 g/mol. The molecule has 1 atom stereocenters. The first-order chi connectivity index (χ1) is 10.1. The van der Waals surface area contributed by atoms with Crippen molar-refractivity contribution in [2.45, 2.75) is 13.0 Å². The van der Waals surface area contributed by atoms with Crippen LogP contribution in [0.4, 0.5) is 10.1 Å². The minimum absolute atomic E-state index is 0.0493. The van der Waals surface area contributed by atoms with Crippen LogP contribution in [-0.2, 0) is 4.79 Å². The molecular formula is C16H13FN2O2. The van der Waals surface area contributed by atoms with Crippen LogP contribution in [0.5, 0.6) is 5.75 Å². The van der Waals surface area contributed by atoms with Gasteiger partial charge in [-0.15, -0.1) is 0 Å². The van der Waals surface area contributed by atoms with Crippen LogP contribution in [0.3, 0.4) is 0 Å². The number of rotatable bonds is 4. The lowest BCUT2D eigenvalue weighted by Crippen LogP contribution is -2.30. The van der Waals surface area contributed by atoms with Gasteiger partial charge in [0.2, 0.25) is 0 Å². The Morgan fingerprint density at radius 3 is 2.62 bits per heavy atom. The van der Waals surface area contributed by atoms with Crippen LogP contribution in [0.1, 0.15) is 12.5 Å². The summed E-state index contributed by atoms with van der Waals surface area (Å²) in [5.74, 6) is -1.01. The van der Waals surface area contributed by atoms with Gasteiger partial charge in [-0.1, -0.05) is 24.3 Å². The number of nitrogens with zero attached hydrogens (tertiary/aromatic N) is 1. The molecule has 0 bridgehead atoms. The third kappa shape index (κ3) is 3.57. The molecule has 0 saturated heterocycles. The molecule has 1 amide bonds. The highest BCUT2D eigenvalue weighted by Crippen LogP contribution is 2.21. The Kier molecular flexibility index (Phi) is 4.52. The average molecular weight is 284 g/mol. The fourth-order valence-corrected chi connectivity index (χ4v) is 1.72. The first-order valence-corrected chi connectivity index (χ1v) is 6.33. The molecule has 0 aliphatic carbocycles. The van der Waals surface area contributed by atoms with E-state index in [-0.39, 0.29) is 17.2 Å². The van der Waals surface area contributed by atoms with E-state index in [1.54, 1.807) is 30.3 Å². The second-order valence-corrected chi connectivity index (χ2v) is 4.34. The zero-order valence-electron chi connectivity index (χ0n) is 11.3. The van der Waals surface area contributed by atoms with Gasteiger partial charge < -0.3 is 10.1 Å². The molecule has 0 fully saturated rings. The molecule has 1 N–H and O–H groups in total. The highest BCUT2D eigenvalue weighted by atomic mass is 19.1. The first-order valence-electron chi connectivity index (χ1n) is 6.33. The van der Waals surface area contributed by atoms with Crippen LogP contribution in [0, 0.1) is 17.1 Å². The van der Waals surface area contributed by atoms with Crippen molar-refractivity contribution in [3.05, 3.63) is 59.9 Å². The monoisotopic (exact) mass is 284 g/mol. The van der Waals surface area contributed by atoms with E-state index in [1.807, 2.05) is 6.07 Å². The summed E-state index contributed by atoms with van der Waals surface area (Å²) < 4.78 is 18.8. The van der Waals surface area contributed by atoms with Gasteiger partial charge >= 0.3 is 0 Å². The van der Waals surface area contributed by atoms with E-state index in [4.69, 9.17) is 10.00 Å². The molecule has 2 aromatic carbocycles. The number of nitrogens with one attached hydrogen (secondary N) is 1. The van der Waals surface area contributed by atoms with E-state index in [1.165, 1.54) is 25.1 Å². The van der Waals surface area contributed by atoms with E-state index in [9.17, 15) is 9.18 Å². The van der Waals surface area contributed by atoms with Gasteiger partial charge in [0.15, 0.2) is 6.10 Å². The number of carbonyl (C=O) groups is 1. The summed E-state index contributed by atoms with van der Waals surface area (Å²) in [6, 6.07) is 14.7. The summed E-state index contributed by atoms with van der Waals surface area (Å²) in [6.07, 6.45) is -0.862. The second-order valence-electron chi connectivity index (χ2n) is 4.34. The van der Waals surface area contributed by atoms with Gasteiger partial charge in [0.1, 0.15) is 23.2 Å². The maximum atomic E-state index is 13.4. The van der Waals surface area contributed by atoms with E-state index in [2.05, 4.69) is 5.32 Å². The minimum Gasteiger partial charge on any atom is -0.479 e. The van der Waals surface area contributed by atoms with Crippen molar-refractivity contribution in [1.82, 2.24) is 0 Å². The fraction of sp³-hybridized carbons (Fsp3) is 0.125. The minimum atomic E-state index is -0.862. The predicted octanol–water partition coefficient (Wildman–Crippen LogP) is 3.10. The number of ether oxygens (including phenoxy) is 1. The Hall–Kier alpha value is -2.87. The van der Waals surface area contributed by atoms with Crippen molar-refractivity contribution < 1.29 is 13.9 Å². The molecule has 21 heavy (non-hydrogen) atoms. The van der Waals surface area contributed by atoms with Gasteiger partial charge in [0.25, 0.3) is 5.91 Å². The Morgan fingerprint density at radius 1 is 1.24 bits per heavy atom. The van der Waals surface area contributed by atoms with Gasteiger partial charge in [-0.2, -0.15) is 5.26 Å². The molecule has 0 aliphatic heterocycles. The number of benzene rings is 2. The fourth-order valence-electron chi connectivity index (χ4n) is 1.72. The standard InChI is InChI=1S/C16H13FN2O2/c1-11(16(20)19-12-6-3-2-4-7-12)21-15-9-5-8-14(17)13(15)10-18/h2-9,11H,1H3,(H,19,20). The van der Waals surface area contributed by atoms with Crippen molar-refractivity contribution in [2.75, 3.05) is 5.32 Å². The number of carbonyl (C=O) groups excluding carboxylic acids is 1. The number of nitriles is 1. The molecule has 0 heterocycles. The largest absolute Gasteiger partial charge is 0.479 e. The van der Waals surface area contributed by atoms with Crippen LogP contribution < -0.4 is 10.1 Å². The van der Waals surface area contributed by atoms with Gasteiger partial charge in [0.05, 0.1) is 0 Å². The molecule has 4 nitrogen and oxygen atoms in total. The van der Waals surface area contributed by atoms with Crippen LogP contribution in [-0.4, -0.2) is 12.0 Å². The Balaban J connectivity index is 2.08. The van der Waals surface area contributed by atoms with Crippen molar-refractivity contribution in [3.8, 4) is 11.8 Å². The first kappa shape index (κ1) is 14.5. The summed E-state index contributed by atoms with van der Waals surface area (Å²) >= 11 is 0. The average Bonchev–Trinajstić information content (AvgIpc) is 2.48. The summed E-state index contributed by atoms with van der Waals surface area (Å²) in [5.41, 5.74) is 0.426. The number of halogens is 1. The molecule has 2 aromatic rings. The van der Waals surface area contributed by atoms with Gasteiger partial charge in [-0.3, -0.25) is 4.79 Å². The van der Waals surface area contributed by atoms with Crippen molar-refractivity contribution in [3.63, 3.8) is 0 Å². The van der Waals surface area contributed by atoms with Crippen LogP contribution >= 0.6 is 0 Å². The molecule has 0 spiro atoms. The van der Waals surface area contributed by atoms with Gasteiger partial charge in [0, 0.05) is 5.69 Å². The van der Waals surface area contributed by atoms with Crippen molar-refractivity contribution in [2.24, 2.45) is 0 Å².